The maximum Gasteiger partial charge on any atom is 0.287 e. The van der Waals surface area contributed by atoms with Crippen LogP contribution in [0.25, 0.3) is 11.0 Å². The smallest absolute Gasteiger partial charge is 0.287 e. The van der Waals surface area contributed by atoms with Crippen LogP contribution in [-0.4, -0.2) is 25.5 Å². The van der Waals surface area contributed by atoms with Crippen molar-refractivity contribution in [3.63, 3.8) is 0 Å². The maximum absolute atomic E-state index is 12.2. The van der Waals surface area contributed by atoms with Gasteiger partial charge in [-0.3, -0.25) is 4.79 Å². The second-order valence-corrected chi connectivity index (χ2v) is 5.05. The number of amides is 1. The minimum absolute atomic E-state index is 0. The van der Waals surface area contributed by atoms with Crippen LogP contribution in [0.2, 0.25) is 0 Å². The fourth-order valence-corrected chi connectivity index (χ4v) is 2.50. The maximum atomic E-state index is 12.2. The topological polar surface area (TPSA) is 54.3 Å². The average Bonchev–Trinajstić information content (AvgIpc) is 2.84. The molecule has 0 unspecified atom stereocenters. The molecule has 4 nitrogen and oxygen atoms in total. The Balaban J connectivity index is 0.00000161. The van der Waals surface area contributed by atoms with E-state index in [-0.39, 0.29) is 18.3 Å². The number of benzene rings is 1. The van der Waals surface area contributed by atoms with Gasteiger partial charge in [-0.2, -0.15) is 0 Å². The van der Waals surface area contributed by atoms with E-state index >= 15 is 0 Å². The van der Waals surface area contributed by atoms with Gasteiger partial charge in [-0.25, -0.2) is 0 Å². The van der Waals surface area contributed by atoms with E-state index in [0.717, 1.165) is 36.0 Å². The molecule has 0 atom stereocenters. The third kappa shape index (κ3) is 3.28. The second kappa shape index (κ2) is 6.78. The number of hydrogen-bond donors (Lipinski definition) is 2. The first-order chi connectivity index (χ1) is 9.75. The van der Waals surface area contributed by atoms with Gasteiger partial charge in [0, 0.05) is 24.0 Å². The summed E-state index contributed by atoms with van der Waals surface area (Å²) in [7, 11) is 0. The summed E-state index contributed by atoms with van der Waals surface area (Å²) in [4.78, 5) is 12.2. The number of carbonyl (C=O) groups is 1. The van der Waals surface area contributed by atoms with E-state index in [9.17, 15) is 4.79 Å². The molecule has 0 saturated carbocycles. The molecule has 3 rings (SSSR count). The summed E-state index contributed by atoms with van der Waals surface area (Å²) in [5, 5.41) is 7.19. The summed E-state index contributed by atoms with van der Waals surface area (Å²) in [6.45, 7) is 4.38. The molecule has 1 aromatic heterocycles. The van der Waals surface area contributed by atoms with Gasteiger partial charge < -0.3 is 15.1 Å². The van der Waals surface area contributed by atoms with Gasteiger partial charge in [0.05, 0.1) is 0 Å². The zero-order valence-corrected chi connectivity index (χ0v) is 12.8. The van der Waals surface area contributed by atoms with E-state index < -0.39 is 0 Å². The second-order valence-electron chi connectivity index (χ2n) is 5.05. The molecule has 2 N–H and O–H groups in total. The van der Waals surface area contributed by atoms with Crippen molar-refractivity contribution in [1.82, 2.24) is 10.6 Å². The summed E-state index contributed by atoms with van der Waals surface area (Å²) in [5.74, 6) is 0.277. The van der Waals surface area contributed by atoms with Crippen LogP contribution in [-0.2, 0) is 0 Å². The SMILES string of the molecule is Cc1c(C(=O)NCC2=CCNCC2)oc2ccccc12.Cl. The number of carbonyl (C=O) groups excluding carboxylic acids is 1. The molecular weight excluding hydrogens is 288 g/mol. The highest BCUT2D eigenvalue weighted by Gasteiger charge is 2.17. The highest BCUT2D eigenvalue weighted by Crippen LogP contribution is 2.24. The molecule has 1 aliphatic rings. The van der Waals surface area contributed by atoms with Crippen molar-refractivity contribution in [2.45, 2.75) is 13.3 Å². The van der Waals surface area contributed by atoms with Crippen molar-refractivity contribution in [1.29, 1.82) is 0 Å². The lowest BCUT2D eigenvalue weighted by molar-refractivity contribution is 0.0930. The van der Waals surface area contributed by atoms with Gasteiger partial charge in [0.1, 0.15) is 5.58 Å². The Morgan fingerprint density at radius 2 is 2.19 bits per heavy atom. The lowest BCUT2D eigenvalue weighted by atomic mass is 10.1. The summed E-state index contributed by atoms with van der Waals surface area (Å²) in [5.41, 5.74) is 2.93. The van der Waals surface area contributed by atoms with E-state index in [1.807, 2.05) is 31.2 Å². The van der Waals surface area contributed by atoms with Crippen LogP contribution in [0.4, 0.5) is 0 Å². The number of rotatable bonds is 3. The van der Waals surface area contributed by atoms with E-state index in [2.05, 4.69) is 16.7 Å². The normalized spacial score (nSPS) is 14.4. The number of fused-ring (bicyclic) bond motifs is 1. The van der Waals surface area contributed by atoms with Crippen molar-refractivity contribution in [2.75, 3.05) is 19.6 Å². The number of para-hydroxylation sites is 1. The van der Waals surface area contributed by atoms with Gasteiger partial charge in [-0.1, -0.05) is 29.8 Å². The number of aryl methyl sites for hydroxylation is 1. The molecule has 21 heavy (non-hydrogen) atoms. The molecule has 0 saturated heterocycles. The summed E-state index contributed by atoms with van der Waals surface area (Å²) in [6, 6.07) is 7.72. The van der Waals surface area contributed by atoms with Gasteiger partial charge in [0.2, 0.25) is 0 Å². The molecule has 1 aliphatic heterocycles. The Kier molecular flexibility index (Phi) is 5.04. The Morgan fingerprint density at radius 1 is 1.38 bits per heavy atom. The lowest BCUT2D eigenvalue weighted by Gasteiger charge is -2.14. The van der Waals surface area contributed by atoms with Crippen molar-refractivity contribution in [2.24, 2.45) is 0 Å². The fourth-order valence-electron chi connectivity index (χ4n) is 2.50. The van der Waals surface area contributed by atoms with Crippen molar-refractivity contribution in [3.05, 3.63) is 47.2 Å². The van der Waals surface area contributed by atoms with Gasteiger partial charge in [0.15, 0.2) is 5.76 Å². The molecule has 112 valence electrons. The zero-order chi connectivity index (χ0) is 13.9. The predicted octanol–water partition coefficient (Wildman–Crippen LogP) is 2.81. The first-order valence-corrected chi connectivity index (χ1v) is 6.90. The highest BCUT2D eigenvalue weighted by molar-refractivity contribution is 5.98. The first kappa shape index (κ1) is 15.6. The Morgan fingerprint density at radius 3 is 2.90 bits per heavy atom. The van der Waals surface area contributed by atoms with Crippen molar-refractivity contribution in [3.8, 4) is 0 Å². The number of hydrogen-bond acceptors (Lipinski definition) is 3. The van der Waals surface area contributed by atoms with Crippen LogP contribution in [0, 0.1) is 6.92 Å². The summed E-state index contributed by atoms with van der Waals surface area (Å²) in [6.07, 6.45) is 3.12. The average molecular weight is 307 g/mol. The molecule has 2 aromatic rings. The van der Waals surface area contributed by atoms with E-state index in [1.54, 1.807) is 0 Å². The molecule has 0 bridgehead atoms. The van der Waals surface area contributed by atoms with Crippen LogP contribution in [0.3, 0.4) is 0 Å². The van der Waals surface area contributed by atoms with Crippen molar-refractivity contribution >= 4 is 29.3 Å². The largest absolute Gasteiger partial charge is 0.451 e. The highest BCUT2D eigenvalue weighted by atomic mass is 35.5. The summed E-state index contributed by atoms with van der Waals surface area (Å²) < 4.78 is 5.66. The standard InChI is InChI=1S/C16H18N2O2.ClH/c1-11-13-4-2-3-5-14(13)20-15(11)16(19)18-10-12-6-8-17-9-7-12;/h2-6,17H,7-10H2,1H3,(H,18,19);1H. The summed E-state index contributed by atoms with van der Waals surface area (Å²) >= 11 is 0. The predicted molar refractivity (Wildman–Crippen MR) is 86.1 cm³/mol. The third-order valence-electron chi connectivity index (χ3n) is 3.68. The number of furan rings is 1. The van der Waals surface area contributed by atoms with Gasteiger partial charge >= 0.3 is 0 Å². The minimum Gasteiger partial charge on any atom is -0.451 e. The molecular formula is C16H19ClN2O2. The van der Waals surface area contributed by atoms with Crippen LogP contribution in [0.15, 0.2) is 40.3 Å². The Hall–Kier alpha value is -1.78. The molecule has 0 aliphatic carbocycles. The number of nitrogens with one attached hydrogen (secondary N) is 2. The molecule has 0 spiro atoms. The number of halogens is 1. The molecule has 1 amide bonds. The van der Waals surface area contributed by atoms with Crippen molar-refractivity contribution < 1.29 is 9.21 Å². The van der Waals surface area contributed by atoms with Crippen LogP contribution in [0.5, 0.6) is 0 Å². The molecule has 0 fully saturated rings. The van der Waals surface area contributed by atoms with Crippen LogP contribution >= 0.6 is 12.4 Å². The third-order valence-corrected chi connectivity index (χ3v) is 3.68. The van der Waals surface area contributed by atoms with Gasteiger partial charge in [-0.15, -0.1) is 12.4 Å². The van der Waals surface area contributed by atoms with Crippen LogP contribution < -0.4 is 10.6 Å². The molecule has 5 heteroatoms. The quantitative estimate of drug-likeness (QED) is 0.857. The zero-order valence-electron chi connectivity index (χ0n) is 11.9. The lowest BCUT2D eigenvalue weighted by Crippen LogP contribution is -2.29. The van der Waals surface area contributed by atoms with Crippen LogP contribution in [0.1, 0.15) is 22.5 Å². The van der Waals surface area contributed by atoms with E-state index in [4.69, 9.17) is 4.42 Å². The monoisotopic (exact) mass is 306 g/mol. The van der Waals surface area contributed by atoms with E-state index in [1.165, 1.54) is 5.57 Å². The first-order valence-electron chi connectivity index (χ1n) is 6.90. The van der Waals surface area contributed by atoms with E-state index in [0.29, 0.717) is 12.3 Å². The molecule has 0 radical (unpaired) electrons. The van der Waals surface area contributed by atoms with Gasteiger partial charge in [0.25, 0.3) is 5.91 Å². The Bertz CT molecular complexity index is 676. The Labute approximate surface area is 130 Å². The molecule has 2 heterocycles. The molecule has 1 aromatic carbocycles. The fraction of sp³-hybridized carbons (Fsp3) is 0.312. The minimum atomic E-state index is -0.141. The van der Waals surface area contributed by atoms with Gasteiger partial charge in [-0.05, 0) is 26.0 Å².